The smallest absolute Gasteiger partial charge is 0.309 e. The summed E-state index contributed by atoms with van der Waals surface area (Å²) in [6.45, 7) is 2.31. The van der Waals surface area contributed by atoms with Crippen LogP contribution in [0.5, 0.6) is 0 Å². The highest BCUT2D eigenvalue weighted by molar-refractivity contribution is 9.10. The molecular weight excluding hydrogens is 256 g/mol. The Labute approximate surface area is 97.8 Å². The fraction of sp³-hybridized carbons (Fsp3) is 0.417. The van der Waals surface area contributed by atoms with Gasteiger partial charge in [0.2, 0.25) is 0 Å². The van der Waals surface area contributed by atoms with Crippen LogP contribution in [0.4, 0.5) is 0 Å². The predicted molar refractivity (Wildman–Crippen MR) is 61.6 cm³/mol. The zero-order valence-electron chi connectivity index (χ0n) is 8.57. The van der Waals surface area contributed by atoms with Crippen molar-refractivity contribution in [2.24, 2.45) is 5.92 Å². The summed E-state index contributed by atoms with van der Waals surface area (Å²) in [5.74, 6) is 0.392. The minimum atomic E-state index is -0.0533. The lowest BCUT2D eigenvalue weighted by atomic mass is 10.1. The van der Waals surface area contributed by atoms with Crippen LogP contribution in [0.1, 0.15) is 24.8 Å². The molecule has 0 heterocycles. The molecule has 2 nitrogen and oxygen atoms in total. The molecule has 0 saturated heterocycles. The lowest BCUT2D eigenvalue weighted by Gasteiger charge is -2.01. The van der Waals surface area contributed by atoms with Gasteiger partial charge in [0.1, 0.15) is 0 Å². The molecule has 2 atom stereocenters. The summed E-state index contributed by atoms with van der Waals surface area (Å²) >= 11 is 3.43. The summed E-state index contributed by atoms with van der Waals surface area (Å²) in [6.07, 6.45) is 0.926. The van der Waals surface area contributed by atoms with E-state index in [-0.39, 0.29) is 11.9 Å². The Bertz CT molecular complexity index is 376. The van der Waals surface area contributed by atoms with Crippen molar-refractivity contribution in [1.29, 1.82) is 0 Å². The topological polar surface area (TPSA) is 26.3 Å². The van der Waals surface area contributed by atoms with Gasteiger partial charge in [0.25, 0.3) is 0 Å². The molecule has 0 bridgehead atoms. The molecule has 0 aliphatic heterocycles. The Morgan fingerprint density at radius 2 is 2.40 bits per heavy atom. The van der Waals surface area contributed by atoms with Crippen LogP contribution in [0.3, 0.4) is 0 Å². The van der Waals surface area contributed by atoms with Crippen LogP contribution in [0.15, 0.2) is 28.7 Å². The second-order valence-corrected chi connectivity index (χ2v) is 4.67. The van der Waals surface area contributed by atoms with E-state index in [1.54, 1.807) is 0 Å². The van der Waals surface area contributed by atoms with E-state index >= 15 is 0 Å². The van der Waals surface area contributed by atoms with Crippen molar-refractivity contribution < 1.29 is 9.53 Å². The number of ether oxygens (including phenoxy) is 1. The molecule has 15 heavy (non-hydrogen) atoms. The van der Waals surface area contributed by atoms with E-state index < -0.39 is 0 Å². The third-order valence-electron chi connectivity index (χ3n) is 2.66. The second-order valence-electron chi connectivity index (χ2n) is 3.76. The van der Waals surface area contributed by atoms with Crippen LogP contribution < -0.4 is 0 Å². The van der Waals surface area contributed by atoms with Gasteiger partial charge in [0.15, 0.2) is 0 Å². The van der Waals surface area contributed by atoms with Crippen molar-refractivity contribution in [3.05, 3.63) is 34.3 Å². The highest BCUT2D eigenvalue weighted by Crippen LogP contribution is 2.48. The lowest BCUT2D eigenvalue weighted by molar-refractivity contribution is -0.144. The fourth-order valence-electron chi connectivity index (χ4n) is 1.81. The summed E-state index contributed by atoms with van der Waals surface area (Å²) in [6, 6.07) is 8.13. The number of rotatable bonds is 3. The molecule has 0 radical (unpaired) electrons. The Balaban J connectivity index is 2.01. The maximum absolute atomic E-state index is 11.4. The number of carbonyl (C=O) groups excluding carboxylic acids is 1. The van der Waals surface area contributed by atoms with Gasteiger partial charge in [-0.2, -0.15) is 0 Å². The first-order chi connectivity index (χ1) is 7.22. The summed E-state index contributed by atoms with van der Waals surface area (Å²) < 4.78 is 6.06. The standard InChI is InChI=1S/C12H13BrO2/c1-2-15-12(14)11-7-10(11)8-4-3-5-9(13)6-8/h3-6,10-11H,2,7H2,1H3/t10-,11+/m0/s1. The molecule has 0 aromatic heterocycles. The van der Waals surface area contributed by atoms with Crippen molar-refractivity contribution in [2.45, 2.75) is 19.3 Å². The molecule has 0 spiro atoms. The zero-order valence-corrected chi connectivity index (χ0v) is 10.2. The van der Waals surface area contributed by atoms with Gasteiger partial charge in [-0.3, -0.25) is 4.79 Å². The van der Waals surface area contributed by atoms with Gasteiger partial charge in [-0.05, 0) is 37.0 Å². The number of hydrogen-bond donors (Lipinski definition) is 0. The van der Waals surface area contributed by atoms with E-state index in [0.29, 0.717) is 12.5 Å². The molecule has 3 heteroatoms. The van der Waals surface area contributed by atoms with Gasteiger partial charge in [-0.25, -0.2) is 0 Å². The minimum absolute atomic E-state index is 0.0533. The van der Waals surface area contributed by atoms with Crippen LogP contribution in [-0.2, 0) is 9.53 Å². The van der Waals surface area contributed by atoms with Gasteiger partial charge < -0.3 is 4.74 Å². The van der Waals surface area contributed by atoms with Gasteiger partial charge in [-0.15, -0.1) is 0 Å². The predicted octanol–water partition coefficient (Wildman–Crippen LogP) is 3.12. The van der Waals surface area contributed by atoms with E-state index in [2.05, 4.69) is 28.1 Å². The molecule has 1 saturated carbocycles. The monoisotopic (exact) mass is 268 g/mol. The number of benzene rings is 1. The summed E-state index contributed by atoms with van der Waals surface area (Å²) in [4.78, 5) is 11.4. The highest BCUT2D eigenvalue weighted by Gasteiger charge is 2.45. The molecule has 1 aliphatic rings. The summed E-state index contributed by atoms with van der Waals surface area (Å²) in [7, 11) is 0. The van der Waals surface area contributed by atoms with Crippen molar-refractivity contribution in [1.82, 2.24) is 0 Å². The van der Waals surface area contributed by atoms with Crippen molar-refractivity contribution in [3.63, 3.8) is 0 Å². The summed E-state index contributed by atoms with van der Waals surface area (Å²) in [5.41, 5.74) is 1.22. The largest absolute Gasteiger partial charge is 0.466 e. The first-order valence-corrected chi connectivity index (χ1v) is 5.93. The molecular formula is C12H13BrO2. The van der Waals surface area contributed by atoms with Crippen LogP contribution in [0.2, 0.25) is 0 Å². The molecule has 1 aromatic rings. The quantitative estimate of drug-likeness (QED) is 0.788. The van der Waals surface area contributed by atoms with Gasteiger partial charge in [-0.1, -0.05) is 28.1 Å². The van der Waals surface area contributed by atoms with E-state index in [1.165, 1.54) is 5.56 Å². The number of esters is 1. The Hall–Kier alpha value is -0.830. The van der Waals surface area contributed by atoms with Gasteiger partial charge in [0.05, 0.1) is 12.5 Å². The van der Waals surface area contributed by atoms with Crippen LogP contribution in [0.25, 0.3) is 0 Å². The number of hydrogen-bond acceptors (Lipinski definition) is 2. The maximum Gasteiger partial charge on any atom is 0.309 e. The minimum Gasteiger partial charge on any atom is -0.466 e. The first kappa shape index (κ1) is 10.7. The van der Waals surface area contributed by atoms with Crippen LogP contribution in [-0.4, -0.2) is 12.6 Å². The highest BCUT2D eigenvalue weighted by atomic mass is 79.9. The van der Waals surface area contributed by atoms with Crippen LogP contribution in [0, 0.1) is 5.92 Å². The van der Waals surface area contributed by atoms with Gasteiger partial charge in [0, 0.05) is 4.47 Å². The second kappa shape index (κ2) is 4.35. The molecule has 0 N–H and O–H groups in total. The molecule has 0 amide bonds. The Morgan fingerprint density at radius 1 is 1.60 bits per heavy atom. The summed E-state index contributed by atoms with van der Waals surface area (Å²) in [5, 5.41) is 0. The fourth-order valence-corrected chi connectivity index (χ4v) is 2.23. The van der Waals surface area contributed by atoms with Crippen LogP contribution >= 0.6 is 15.9 Å². The molecule has 1 aromatic carbocycles. The number of carbonyl (C=O) groups is 1. The molecule has 0 unspecified atom stereocenters. The van der Waals surface area contributed by atoms with Crippen molar-refractivity contribution >= 4 is 21.9 Å². The zero-order chi connectivity index (χ0) is 10.8. The molecule has 1 aliphatic carbocycles. The van der Waals surface area contributed by atoms with Gasteiger partial charge >= 0.3 is 5.97 Å². The number of halogens is 1. The average molecular weight is 269 g/mol. The lowest BCUT2D eigenvalue weighted by Crippen LogP contribution is -2.07. The maximum atomic E-state index is 11.4. The van der Waals surface area contributed by atoms with E-state index in [1.807, 2.05) is 19.1 Å². The third-order valence-corrected chi connectivity index (χ3v) is 3.15. The Kier molecular flexibility index (Phi) is 3.10. The van der Waals surface area contributed by atoms with Crippen molar-refractivity contribution in [2.75, 3.05) is 6.61 Å². The molecule has 1 fully saturated rings. The first-order valence-electron chi connectivity index (χ1n) is 5.14. The third kappa shape index (κ3) is 2.40. The molecule has 80 valence electrons. The Morgan fingerprint density at radius 3 is 3.07 bits per heavy atom. The van der Waals surface area contributed by atoms with E-state index in [9.17, 15) is 4.79 Å². The SMILES string of the molecule is CCOC(=O)[C@@H]1C[C@H]1c1cccc(Br)c1. The average Bonchev–Trinajstić information content (AvgIpc) is 2.97. The normalized spacial score (nSPS) is 23.6. The van der Waals surface area contributed by atoms with E-state index in [4.69, 9.17) is 4.74 Å². The van der Waals surface area contributed by atoms with Crippen molar-refractivity contribution in [3.8, 4) is 0 Å². The molecule has 2 rings (SSSR count). The van der Waals surface area contributed by atoms with E-state index in [0.717, 1.165) is 10.9 Å².